The van der Waals surface area contributed by atoms with Crippen LogP contribution in [0.2, 0.25) is 0 Å². The van der Waals surface area contributed by atoms with E-state index in [1.54, 1.807) is 18.2 Å². The number of nitrogens with one attached hydrogen (secondary N) is 1. The number of halogens is 1. The summed E-state index contributed by atoms with van der Waals surface area (Å²) < 4.78 is 23.2. The van der Waals surface area contributed by atoms with Crippen LogP contribution in [0.3, 0.4) is 0 Å². The summed E-state index contributed by atoms with van der Waals surface area (Å²) in [5, 5.41) is 2.44. The van der Waals surface area contributed by atoms with E-state index < -0.39 is 24.3 Å². The third-order valence-electron chi connectivity index (χ3n) is 3.64. The lowest BCUT2D eigenvalue weighted by molar-refractivity contribution is -0.144. The Morgan fingerprint density at radius 3 is 2.61 bits per heavy atom. The van der Waals surface area contributed by atoms with Gasteiger partial charge in [-0.15, -0.1) is 11.8 Å². The van der Waals surface area contributed by atoms with Crippen molar-refractivity contribution in [1.82, 2.24) is 0 Å². The van der Waals surface area contributed by atoms with Crippen LogP contribution >= 0.6 is 11.8 Å². The van der Waals surface area contributed by atoms with Gasteiger partial charge in [-0.05, 0) is 43.3 Å². The summed E-state index contributed by atoms with van der Waals surface area (Å²) in [7, 11) is 1.53. The molecule has 8 heteroatoms. The summed E-state index contributed by atoms with van der Waals surface area (Å²) in [4.78, 5) is 35.0. The molecular formula is C20H20FNO5S. The highest BCUT2D eigenvalue weighted by atomic mass is 32.2. The van der Waals surface area contributed by atoms with Crippen LogP contribution in [0.4, 0.5) is 10.1 Å². The average molecular weight is 405 g/mol. The first-order chi connectivity index (χ1) is 13.4. The van der Waals surface area contributed by atoms with Crippen molar-refractivity contribution < 1.29 is 28.2 Å². The minimum Gasteiger partial charge on any atom is -0.496 e. The summed E-state index contributed by atoms with van der Waals surface area (Å²) in [6.07, 6.45) is 0. The quantitative estimate of drug-likeness (QED) is 0.508. The normalized spacial score (nSPS) is 10.2. The minimum atomic E-state index is -0.556. The standard InChI is InChI=1S/C20H20FNO5S/c1-13(23)14-6-7-18(26-2)15(8-14)11-28-12-20(25)27-10-19(24)22-17-5-3-4-16(21)9-17/h3-9H,10-12H2,1-2H3,(H,22,24). The fourth-order valence-corrected chi connectivity index (χ4v) is 3.10. The third kappa shape index (κ3) is 6.70. The second-order valence-electron chi connectivity index (χ2n) is 5.79. The SMILES string of the molecule is COc1ccc(C(C)=O)cc1CSCC(=O)OCC(=O)Nc1cccc(F)c1. The van der Waals surface area contributed by atoms with E-state index in [-0.39, 0.29) is 17.2 Å². The number of carbonyl (C=O) groups is 3. The first kappa shape index (κ1) is 21.4. The number of methoxy groups -OCH3 is 1. The molecule has 6 nitrogen and oxygen atoms in total. The largest absolute Gasteiger partial charge is 0.496 e. The fourth-order valence-electron chi connectivity index (χ4n) is 2.31. The predicted octanol–water partition coefficient (Wildman–Crippen LogP) is 3.45. The summed E-state index contributed by atoms with van der Waals surface area (Å²) in [6, 6.07) is 10.5. The number of amides is 1. The number of esters is 1. The Balaban J connectivity index is 1.77. The van der Waals surface area contributed by atoms with E-state index in [0.29, 0.717) is 17.1 Å². The molecule has 0 aliphatic rings. The molecule has 0 heterocycles. The molecule has 0 fully saturated rings. The van der Waals surface area contributed by atoms with Crippen molar-refractivity contribution in [2.45, 2.75) is 12.7 Å². The van der Waals surface area contributed by atoms with Gasteiger partial charge in [0.1, 0.15) is 11.6 Å². The van der Waals surface area contributed by atoms with Gasteiger partial charge in [-0.3, -0.25) is 14.4 Å². The molecule has 2 rings (SSSR count). The van der Waals surface area contributed by atoms with Crippen LogP contribution in [-0.4, -0.2) is 37.1 Å². The zero-order valence-corrected chi connectivity index (χ0v) is 16.3. The number of ether oxygens (including phenoxy) is 2. The maximum atomic E-state index is 13.1. The first-order valence-electron chi connectivity index (χ1n) is 8.35. The number of benzene rings is 2. The number of thioether (sulfide) groups is 1. The molecule has 0 bridgehead atoms. The van der Waals surface area contributed by atoms with Gasteiger partial charge in [0.15, 0.2) is 12.4 Å². The van der Waals surface area contributed by atoms with Crippen LogP contribution in [0.15, 0.2) is 42.5 Å². The number of anilines is 1. The van der Waals surface area contributed by atoms with Crippen LogP contribution in [0.5, 0.6) is 5.75 Å². The van der Waals surface area contributed by atoms with Gasteiger partial charge in [0.2, 0.25) is 0 Å². The highest BCUT2D eigenvalue weighted by Crippen LogP contribution is 2.25. The molecule has 0 saturated carbocycles. The van der Waals surface area contributed by atoms with Crippen LogP contribution in [0, 0.1) is 5.82 Å². The number of Topliss-reactive ketones (excluding diaryl/α,β-unsaturated/α-hetero) is 1. The Morgan fingerprint density at radius 1 is 1.14 bits per heavy atom. The van der Waals surface area contributed by atoms with Crippen molar-refractivity contribution in [2.75, 3.05) is 24.8 Å². The van der Waals surface area contributed by atoms with E-state index in [1.165, 1.54) is 44.0 Å². The lowest BCUT2D eigenvalue weighted by Gasteiger charge is -2.10. The second-order valence-corrected chi connectivity index (χ2v) is 6.78. The Labute approximate surface area is 166 Å². The zero-order chi connectivity index (χ0) is 20.5. The van der Waals surface area contributed by atoms with E-state index in [2.05, 4.69) is 5.32 Å². The number of hydrogen-bond donors (Lipinski definition) is 1. The van der Waals surface area contributed by atoms with Gasteiger partial charge in [0, 0.05) is 22.6 Å². The molecule has 0 unspecified atom stereocenters. The van der Waals surface area contributed by atoms with Crippen molar-refractivity contribution in [3.05, 3.63) is 59.4 Å². The van der Waals surface area contributed by atoms with E-state index in [4.69, 9.17) is 9.47 Å². The second kappa shape index (κ2) is 10.5. The van der Waals surface area contributed by atoms with Crippen molar-refractivity contribution in [3.63, 3.8) is 0 Å². The molecule has 0 saturated heterocycles. The van der Waals surface area contributed by atoms with Gasteiger partial charge >= 0.3 is 5.97 Å². The van der Waals surface area contributed by atoms with Crippen molar-refractivity contribution in [1.29, 1.82) is 0 Å². The van der Waals surface area contributed by atoms with Gasteiger partial charge in [0.25, 0.3) is 5.91 Å². The van der Waals surface area contributed by atoms with E-state index in [0.717, 1.165) is 11.6 Å². The van der Waals surface area contributed by atoms with Crippen LogP contribution in [0.25, 0.3) is 0 Å². The van der Waals surface area contributed by atoms with E-state index >= 15 is 0 Å². The van der Waals surface area contributed by atoms with Crippen molar-refractivity contribution in [3.8, 4) is 5.75 Å². The lowest BCUT2D eigenvalue weighted by atomic mass is 10.1. The van der Waals surface area contributed by atoms with E-state index in [9.17, 15) is 18.8 Å². The van der Waals surface area contributed by atoms with Gasteiger partial charge < -0.3 is 14.8 Å². The van der Waals surface area contributed by atoms with Crippen molar-refractivity contribution in [2.24, 2.45) is 0 Å². The van der Waals surface area contributed by atoms with Gasteiger partial charge in [-0.1, -0.05) is 6.07 Å². The summed E-state index contributed by atoms with van der Waals surface area (Å²) >= 11 is 1.27. The Hall–Kier alpha value is -2.87. The van der Waals surface area contributed by atoms with Crippen LogP contribution in [0.1, 0.15) is 22.8 Å². The molecule has 0 aliphatic carbocycles. The van der Waals surface area contributed by atoms with Gasteiger partial charge in [-0.2, -0.15) is 0 Å². The molecule has 0 aliphatic heterocycles. The highest BCUT2D eigenvalue weighted by molar-refractivity contribution is 7.99. The molecular weight excluding hydrogens is 385 g/mol. The molecule has 1 N–H and O–H groups in total. The molecule has 0 spiro atoms. The summed E-state index contributed by atoms with van der Waals surface area (Å²) in [5.74, 6) is -0.551. The highest BCUT2D eigenvalue weighted by Gasteiger charge is 2.11. The number of rotatable bonds is 9. The first-order valence-corrected chi connectivity index (χ1v) is 9.51. The fraction of sp³-hybridized carbons (Fsp3) is 0.250. The summed E-state index contributed by atoms with van der Waals surface area (Å²) in [5.41, 5.74) is 1.64. The van der Waals surface area contributed by atoms with Crippen molar-refractivity contribution >= 4 is 35.1 Å². The third-order valence-corrected chi connectivity index (χ3v) is 4.59. The minimum absolute atomic E-state index is 0.0285. The van der Waals surface area contributed by atoms with Crippen LogP contribution in [-0.2, 0) is 20.1 Å². The maximum absolute atomic E-state index is 13.1. The molecule has 28 heavy (non-hydrogen) atoms. The lowest BCUT2D eigenvalue weighted by Crippen LogP contribution is -2.21. The van der Waals surface area contributed by atoms with Crippen LogP contribution < -0.4 is 10.1 Å². The van der Waals surface area contributed by atoms with E-state index in [1.807, 2.05) is 0 Å². The maximum Gasteiger partial charge on any atom is 0.316 e. The Bertz CT molecular complexity index is 871. The molecule has 0 atom stereocenters. The van der Waals surface area contributed by atoms with Gasteiger partial charge in [0.05, 0.1) is 12.9 Å². The number of ketones is 1. The molecule has 148 valence electrons. The molecule has 2 aromatic carbocycles. The zero-order valence-electron chi connectivity index (χ0n) is 15.5. The molecule has 1 amide bonds. The topological polar surface area (TPSA) is 81.7 Å². The average Bonchev–Trinajstić information content (AvgIpc) is 2.66. The molecule has 0 aromatic heterocycles. The Kier molecular flexibility index (Phi) is 8.01. The molecule has 2 aromatic rings. The van der Waals surface area contributed by atoms with Gasteiger partial charge in [-0.25, -0.2) is 4.39 Å². The predicted molar refractivity (Wildman–Crippen MR) is 105 cm³/mol. The summed E-state index contributed by atoms with van der Waals surface area (Å²) in [6.45, 7) is 1.02. The number of carbonyl (C=O) groups excluding carboxylic acids is 3. The smallest absolute Gasteiger partial charge is 0.316 e. The Morgan fingerprint density at radius 2 is 1.93 bits per heavy atom. The number of hydrogen-bond acceptors (Lipinski definition) is 6. The monoisotopic (exact) mass is 405 g/mol. The molecule has 0 radical (unpaired) electrons.